The molecular weight excluding hydrogens is 468 g/mol. The van der Waals surface area contributed by atoms with Crippen molar-refractivity contribution in [1.82, 2.24) is 0 Å². The van der Waals surface area contributed by atoms with Crippen molar-refractivity contribution in [1.29, 1.82) is 0 Å². The van der Waals surface area contributed by atoms with Crippen LogP contribution in [0.25, 0.3) is 0 Å². The van der Waals surface area contributed by atoms with Gasteiger partial charge < -0.3 is 0 Å². The van der Waals surface area contributed by atoms with Crippen molar-refractivity contribution in [2.45, 2.75) is 290 Å². The summed E-state index contributed by atoms with van der Waals surface area (Å²) in [6.07, 6.45) is 0. The molecule has 0 saturated carbocycles. The highest BCUT2D eigenvalue weighted by atomic mass is 12.0. The first-order chi connectivity index (χ1) is 0. The predicted octanol–water partition coefficient (Wildman–Crippen LogP) is 24.8. The van der Waals surface area contributed by atoms with Crippen LogP contribution in [0.5, 0.6) is 0 Å². The molecule has 0 nitrogen and oxygen atoms in total. The van der Waals surface area contributed by atoms with Crippen LogP contribution in [0.15, 0.2) is 0 Å². The zero-order valence-corrected chi connectivity index (χ0v) is 0. The Morgan fingerprint density at radius 1 is 0.0256 bits per heavy atom. The lowest BCUT2D eigenvalue weighted by Crippen LogP contribution is 0.143. The number of hydrogen-bond acceptors (Lipinski definition) is 0. The highest BCUT2D eigenvalue weighted by Crippen LogP contribution is 0.182. The van der Waals surface area contributed by atoms with Gasteiger partial charge in [0.25, 0.3) is 0 Å². The van der Waals surface area contributed by atoms with E-state index in [4.69, 9.17) is 0 Å². The van der Waals surface area contributed by atoms with Crippen LogP contribution in [0.2, 0.25) is 0 Å². The maximum atomic E-state index is 0. The zero-order valence-electron chi connectivity index (χ0n) is 0. The summed E-state index contributed by atoms with van der Waals surface area (Å²) in [5.41, 5.74) is 0. The summed E-state index contributed by atoms with van der Waals surface area (Å²) < 4.78 is 0. The molecule has 0 aliphatic rings. The van der Waals surface area contributed by atoms with Crippen molar-refractivity contribution < 1.29 is 0 Å². The van der Waals surface area contributed by atoms with E-state index in [0.29, 0.717) is 0 Å². The molecular formula is C39H156. The van der Waals surface area contributed by atoms with Crippen molar-refractivity contribution >= 4 is 0 Å². The summed E-state index contributed by atoms with van der Waals surface area (Å²) in [5.74, 6) is 0. The third-order valence-electron chi connectivity index (χ3n) is 0. The summed E-state index contributed by atoms with van der Waals surface area (Å²) in [4.78, 5) is 0. The molecule has 0 amide bonds. The van der Waals surface area contributed by atoms with E-state index >= 15 is 0 Å². The first-order valence-corrected chi connectivity index (χ1v) is 0. The number of hydrogen-bond donors (Lipinski definition) is 0. The second kappa shape index (κ2) is 0. The molecule has 0 aromatic rings. The van der Waals surface area contributed by atoms with Crippen LogP contribution in [-0.4, -0.2) is 0 Å². The van der Waals surface area contributed by atoms with Gasteiger partial charge in [0.1, 0.15) is 0 Å². The highest BCUT2D eigenvalue weighted by molar-refractivity contribution is 2.54. The van der Waals surface area contributed by atoms with Gasteiger partial charge in [0.05, 0.1) is 0 Å². The first kappa shape index (κ1) is 0. The molecule has 0 radical (unpaired) electrons. The maximum absolute atomic E-state index is 0. The van der Waals surface area contributed by atoms with E-state index in [0.717, 1.165) is 0 Å². The summed E-state index contributed by atoms with van der Waals surface area (Å²) in [7, 11) is 0. The fourth-order valence-corrected chi connectivity index (χ4v) is 0. The van der Waals surface area contributed by atoms with E-state index in [1.165, 1.54) is 0 Å². The van der Waals surface area contributed by atoms with E-state index in [9.17, 15) is 0 Å². The Bertz CT molecular complexity index is 0. The SMILES string of the molecule is C.C.C.C.C.C.C.C.C.C.C.C.C.C.C.C.C.C.C.C.C.C.C.C.C.C.C.C.C.C.C.C.C.C.C.C.C.C.C. The first-order valence-electron chi connectivity index (χ1n) is 0. The largest absolute Gasteiger partial charge is 0.0776 e. The minimum Gasteiger partial charge on any atom is -0.0776 e. The summed E-state index contributed by atoms with van der Waals surface area (Å²) >= 11 is 0. The Kier molecular flexibility index (Phi) is 0. The maximum Gasteiger partial charge on any atom is -0.0776 e. The fourth-order valence-electron chi connectivity index (χ4n) is 0. The van der Waals surface area contributed by atoms with Crippen molar-refractivity contribution in [3.63, 3.8) is 0 Å². The van der Waals surface area contributed by atoms with Gasteiger partial charge in [-0.15, -0.1) is 0 Å². The summed E-state index contributed by atoms with van der Waals surface area (Å²) in [5, 5.41) is 0. The molecule has 0 heteroatoms. The van der Waals surface area contributed by atoms with Gasteiger partial charge in [0, 0.05) is 0 Å². The second-order valence-electron chi connectivity index (χ2n) is 0. The van der Waals surface area contributed by atoms with Gasteiger partial charge in [-0.3, -0.25) is 0 Å². The molecule has 39 heavy (non-hydrogen) atoms. The Morgan fingerprint density at radius 3 is 0.0256 bits per heavy atom. The van der Waals surface area contributed by atoms with Crippen LogP contribution < -0.4 is 0 Å². The van der Waals surface area contributed by atoms with Crippen molar-refractivity contribution in [2.24, 2.45) is 0 Å². The predicted molar refractivity (Wildman–Crippen MR) is 263 cm³/mol. The quantitative estimate of drug-likeness (QED) is 0.251. The molecule has 0 atom stereocenters. The van der Waals surface area contributed by atoms with Gasteiger partial charge >= 0.3 is 0 Å². The zero-order chi connectivity index (χ0) is 0. The number of rotatable bonds is 0. The monoisotopic (exact) mass is 625 g/mol. The standard InChI is InChI=1S/39CH4/h39*1H4. The van der Waals surface area contributed by atoms with Crippen molar-refractivity contribution in [3.8, 4) is 0 Å². The molecule has 0 bridgehead atoms. The molecule has 312 valence electrons. The van der Waals surface area contributed by atoms with Crippen LogP contribution in [-0.2, 0) is 0 Å². The van der Waals surface area contributed by atoms with Gasteiger partial charge in [-0.05, 0) is 0 Å². The molecule has 0 aromatic heterocycles. The second-order valence-corrected chi connectivity index (χ2v) is 0. The fraction of sp³-hybridized carbons (Fsp3) is 1.00. The molecule has 0 N–H and O–H groups in total. The Balaban J connectivity index is 0. The van der Waals surface area contributed by atoms with E-state index < -0.39 is 0 Å². The Morgan fingerprint density at radius 2 is 0.0256 bits per heavy atom. The van der Waals surface area contributed by atoms with Gasteiger partial charge in [0.15, 0.2) is 0 Å². The van der Waals surface area contributed by atoms with Crippen LogP contribution in [0.3, 0.4) is 0 Å². The molecule has 0 unspecified atom stereocenters. The third-order valence-corrected chi connectivity index (χ3v) is 0. The van der Waals surface area contributed by atoms with Gasteiger partial charge in [-0.2, -0.15) is 0 Å². The van der Waals surface area contributed by atoms with Crippen LogP contribution >= 0.6 is 0 Å². The van der Waals surface area contributed by atoms with Crippen LogP contribution in [0.4, 0.5) is 0 Å². The van der Waals surface area contributed by atoms with Crippen LogP contribution in [0, 0.1) is 0 Å². The average molecular weight is 626 g/mol. The summed E-state index contributed by atoms with van der Waals surface area (Å²) in [6.45, 7) is 0. The van der Waals surface area contributed by atoms with E-state index in [1.807, 2.05) is 0 Å². The van der Waals surface area contributed by atoms with Gasteiger partial charge in [-0.25, -0.2) is 0 Å². The Hall–Kier alpha value is 0. The lowest BCUT2D eigenvalue weighted by atomic mass is 12.0. The molecule has 0 saturated heterocycles. The molecule has 0 aromatic carbocycles. The molecule has 0 aliphatic carbocycles. The van der Waals surface area contributed by atoms with Crippen molar-refractivity contribution in [2.75, 3.05) is 0 Å². The molecule has 0 spiro atoms. The highest BCUT2D eigenvalue weighted by Gasteiger charge is -0.0396. The third kappa shape index (κ3) is 0. The topological polar surface area (TPSA) is 0 Å². The van der Waals surface area contributed by atoms with Gasteiger partial charge in [0.2, 0.25) is 0 Å². The van der Waals surface area contributed by atoms with E-state index in [-0.39, 0.29) is 290 Å². The van der Waals surface area contributed by atoms with Crippen LogP contribution in [0.1, 0.15) is 290 Å². The van der Waals surface area contributed by atoms with E-state index in [2.05, 4.69) is 0 Å². The smallest absolute Gasteiger partial charge is 0.0776 e. The lowest BCUT2D eigenvalue weighted by molar-refractivity contribution is 2.50. The molecule has 0 heterocycles. The lowest BCUT2D eigenvalue weighted by Gasteiger charge is -0.0786. The normalized spacial score (nSPS) is 0. The van der Waals surface area contributed by atoms with Crippen molar-refractivity contribution in [3.05, 3.63) is 0 Å². The summed E-state index contributed by atoms with van der Waals surface area (Å²) in [6, 6.07) is 0. The Labute approximate surface area is 289 Å². The average Bonchev–Trinajstić information content (AvgIpc) is 0. The molecule has 0 fully saturated rings. The van der Waals surface area contributed by atoms with E-state index in [1.54, 1.807) is 0 Å². The molecule has 0 rings (SSSR count). The minimum atomic E-state index is 0. The molecule has 0 aliphatic heterocycles. The minimum absolute atomic E-state index is 0. The van der Waals surface area contributed by atoms with Gasteiger partial charge in [-0.1, -0.05) is 290 Å².